The lowest BCUT2D eigenvalue weighted by atomic mass is 10.2. The van der Waals surface area contributed by atoms with Crippen LogP contribution in [-0.2, 0) is 4.79 Å². The van der Waals surface area contributed by atoms with Crippen molar-refractivity contribution in [3.63, 3.8) is 0 Å². The molecule has 0 aromatic carbocycles. The summed E-state index contributed by atoms with van der Waals surface area (Å²) >= 11 is 0. The number of aromatic carboxylic acids is 1. The number of piperazine rings is 1. The van der Waals surface area contributed by atoms with Crippen LogP contribution in [0.25, 0.3) is 0 Å². The molecule has 1 aromatic heterocycles. The molecule has 21 heavy (non-hydrogen) atoms. The summed E-state index contributed by atoms with van der Waals surface area (Å²) in [5.41, 5.74) is 1.02. The Morgan fingerprint density at radius 3 is 2.43 bits per heavy atom. The van der Waals surface area contributed by atoms with E-state index in [9.17, 15) is 9.59 Å². The lowest BCUT2D eigenvalue weighted by molar-refractivity contribution is -0.126. The van der Waals surface area contributed by atoms with Gasteiger partial charge in [-0.2, -0.15) is 0 Å². The molecule has 0 bridgehead atoms. The number of anilines is 1. The zero-order valence-electron chi connectivity index (χ0n) is 12.2. The highest BCUT2D eigenvalue weighted by atomic mass is 16.4. The van der Waals surface area contributed by atoms with E-state index in [0.717, 1.165) is 5.57 Å². The third-order valence-electron chi connectivity index (χ3n) is 3.28. The first-order valence-electron chi connectivity index (χ1n) is 6.86. The summed E-state index contributed by atoms with van der Waals surface area (Å²) in [6, 6.07) is 4.95. The molecular weight excluding hydrogens is 270 g/mol. The van der Waals surface area contributed by atoms with Crippen LogP contribution in [-0.4, -0.2) is 53.0 Å². The van der Waals surface area contributed by atoms with Gasteiger partial charge in [0.2, 0.25) is 5.91 Å². The van der Waals surface area contributed by atoms with E-state index in [1.165, 1.54) is 6.07 Å². The van der Waals surface area contributed by atoms with Crippen molar-refractivity contribution in [3.8, 4) is 0 Å². The number of carboxylic acid groups (broad SMARTS) is 1. The van der Waals surface area contributed by atoms with Gasteiger partial charge in [-0.25, -0.2) is 9.78 Å². The highest BCUT2D eigenvalue weighted by molar-refractivity contribution is 5.88. The van der Waals surface area contributed by atoms with Crippen molar-refractivity contribution in [2.45, 2.75) is 13.8 Å². The molecule has 1 fully saturated rings. The number of pyridine rings is 1. The Balaban J connectivity index is 2.01. The maximum Gasteiger partial charge on any atom is 0.354 e. The average Bonchev–Trinajstić information content (AvgIpc) is 2.47. The third kappa shape index (κ3) is 3.81. The number of hydrogen-bond acceptors (Lipinski definition) is 4. The number of nitrogens with zero attached hydrogens (tertiary/aromatic N) is 3. The molecule has 6 heteroatoms. The summed E-state index contributed by atoms with van der Waals surface area (Å²) in [6.45, 7) is 6.32. The molecule has 1 N–H and O–H groups in total. The van der Waals surface area contributed by atoms with Crippen LogP contribution < -0.4 is 4.90 Å². The van der Waals surface area contributed by atoms with Crippen molar-refractivity contribution < 1.29 is 14.7 Å². The molecule has 1 aromatic rings. The quantitative estimate of drug-likeness (QED) is 0.851. The van der Waals surface area contributed by atoms with Crippen molar-refractivity contribution in [2.75, 3.05) is 31.1 Å². The van der Waals surface area contributed by atoms with Crippen molar-refractivity contribution in [1.29, 1.82) is 0 Å². The van der Waals surface area contributed by atoms with Crippen LogP contribution in [0.2, 0.25) is 0 Å². The molecule has 2 heterocycles. The minimum Gasteiger partial charge on any atom is -0.477 e. The van der Waals surface area contributed by atoms with Crippen LogP contribution in [0.3, 0.4) is 0 Å². The molecular formula is C15H19N3O3. The maximum absolute atomic E-state index is 11.9. The molecule has 2 rings (SSSR count). The summed E-state index contributed by atoms with van der Waals surface area (Å²) in [7, 11) is 0. The molecule has 1 amide bonds. The Labute approximate surface area is 123 Å². The zero-order chi connectivity index (χ0) is 15.4. The summed E-state index contributed by atoms with van der Waals surface area (Å²) in [5.74, 6) is -0.361. The Kier molecular flexibility index (Phi) is 4.57. The second-order valence-electron chi connectivity index (χ2n) is 5.22. The number of aromatic nitrogens is 1. The number of carboxylic acids is 1. The second kappa shape index (κ2) is 6.39. The van der Waals surface area contributed by atoms with Gasteiger partial charge in [-0.3, -0.25) is 4.79 Å². The van der Waals surface area contributed by atoms with E-state index in [1.807, 2.05) is 18.7 Å². The number of allylic oxidation sites excluding steroid dienone is 1. The minimum absolute atomic E-state index is 0.0295. The smallest absolute Gasteiger partial charge is 0.354 e. The van der Waals surface area contributed by atoms with Gasteiger partial charge >= 0.3 is 5.97 Å². The summed E-state index contributed by atoms with van der Waals surface area (Å²) in [4.78, 5) is 30.8. The number of carbonyl (C=O) groups is 2. The van der Waals surface area contributed by atoms with Crippen molar-refractivity contribution >= 4 is 17.7 Å². The van der Waals surface area contributed by atoms with Gasteiger partial charge in [0.1, 0.15) is 5.82 Å². The Morgan fingerprint density at radius 2 is 1.86 bits per heavy atom. The van der Waals surface area contributed by atoms with Crippen LogP contribution in [0.4, 0.5) is 5.82 Å². The Morgan fingerprint density at radius 1 is 1.19 bits per heavy atom. The molecule has 0 radical (unpaired) electrons. The van der Waals surface area contributed by atoms with E-state index in [-0.39, 0.29) is 11.6 Å². The molecule has 0 spiro atoms. The molecule has 1 aliphatic rings. The fourth-order valence-electron chi connectivity index (χ4n) is 2.21. The van der Waals surface area contributed by atoms with Gasteiger partial charge in [-0.05, 0) is 26.0 Å². The summed E-state index contributed by atoms with van der Waals surface area (Å²) in [6.07, 6.45) is 1.64. The van der Waals surface area contributed by atoms with Crippen LogP contribution in [0, 0.1) is 0 Å². The van der Waals surface area contributed by atoms with Gasteiger partial charge in [0.05, 0.1) is 0 Å². The average molecular weight is 289 g/mol. The van der Waals surface area contributed by atoms with Crippen LogP contribution >= 0.6 is 0 Å². The normalized spacial score (nSPS) is 14.8. The standard InChI is InChI=1S/C15H19N3O3/c1-11(2)10-14(19)18-8-6-17(7-9-18)13-5-3-4-12(16-13)15(20)21/h3-5,10H,6-9H2,1-2H3,(H,20,21). The number of hydrogen-bond donors (Lipinski definition) is 1. The molecule has 0 atom stereocenters. The van der Waals surface area contributed by atoms with Gasteiger partial charge in [0.25, 0.3) is 0 Å². The first kappa shape index (κ1) is 15.0. The van der Waals surface area contributed by atoms with Crippen LogP contribution in [0.5, 0.6) is 0 Å². The molecule has 112 valence electrons. The van der Waals surface area contributed by atoms with E-state index < -0.39 is 5.97 Å². The zero-order valence-corrected chi connectivity index (χ0v) is 12.2. The van der Waals surface area contributed by atoms with E-state index in [4.69, 9.17) is 5.11 Å². The number of rotatable bonds is 3. The van der Waals surface area contributed by atoms with Gasteiger partial charge in [-0.1, -0.05) is 11.6 Å². The van der Waals surface area contributed by atoms with Crippen molar-refractivity contribution in [3.05, 3.63) is 35.5 Å². The molecule has 0 aliphatic carbocycles. The molecule has 0 unspecified atom stereocenters. The Bertz CT molecular complexity index is 571. The molecule has 0 saturated carbocycles. The fourth-order valence-corrected chi connectivity index (χ4v) is 2.21. The van der Waals surface area contributed by atoms with Crippen molar-refractivity contribution in [1.82, 2.24) is 9.88 Å². The van der Waals surface area contributed by atoms with Gasteiger partial charge in [0, 0.05) is 32.3 Å². The predicted octanol–water partition coefficient (Wildman–Crippen LogP) is 1.39. The first-order chi connectivity index (χ1) is 9.97. The number of amides is 1. The highest BCUT2D eigenvalue weighted by Gasteiger charge is 2.21. The van der Waals surface area contributed by atoms with E-state index >= 15 is 0 Å². The third-order valence-corrected chi connectivity index (χ3v) is 3.28. The topological polar surface area (TPSA) is 73.7 Å². The predicted molar refractivity (Wildman–Crippen MR) is 79.4 cm³/mol. The van der Waals surface area contributed by atoms with Crippen molar-refractivity contribution in [2.24, 2.45) is 0 Å². The lowest BCUT2D eigenvalue weighted by Gasteiger charge is -2.35. The van der Waals surface area contributed by atoms with Gasteiger partial charge < -0.3 is 14.9 Å². The summed E-state index contributed by atoms with van der Waals surface area (Å²) in [5, 5.41) is 8.97. The minimum atomic E-state index is -1.03. The summed E-state index contributed by atoms with van der Waals surface area (Å²) < 4.78 is 0. The number of carbonyl (C=O) groups excluding carboxylic acids is 1. The van der Waals surface area contributed by atoms with Gasteiger partial charge in [-0.15, -0.1) is 0 Å². The highest BCUT2D eigenvalue weighted by Crippen LogP contribution is 2.14. The monoisotopic (exact) mass is 289 g/mol. The van der Waals surface area contributed by atoms with E-state index in [0.29, 0.717) is 32.0 Å². The largest absolute Gasteiger partial charge is 0.477 e. The van der Waals surface area contributed by atoms with Gasteiger partial charge in [0.15, 0.2) is 5.69 Å². The molecule has 1 saturated heterocycles. The maximum atomic E-state index is 11.9. The van der Waals surface area contributed by atoms with Crippen LogP contribution in [0.1, 0.15) is 24.3 Å². The lowest BCUT2D eigenvalue weighted by Crippen LogP contribution is -2.48. The molecule has 1 aliphatic heterocycles. The van der Waals surface area contributed by atoms with E-state index in [1.54, 1.807) is 23.1 Å². The van der Waals surface area contributed by atoms with Crippen LogP contribution in [0.15, 0.2) is 29.8 Å². The fraction of sp³-hybridized carbons (Fsp3) is 0.400. The second-order valence-corrected chi connectivity index (χ2v) is 5.22. The van der Waals surface area contributed by atoms with E-state index in [2.05, 4.69) is 4.98 Å². The first-order valence-corrected chi connectivity index (χ1v) is 6.86. The SMILES string of the molecule is CC(C)=CC(=O)N1CCN(c2cccc(C(=O)O)n2)CC1. The molecule has 6 nitrogen and oxygen atoms in total. The Hall–Kier alpha value is -2.37.